The van der Waals surface area contributed by atoms with Crippen molar-refractivity contribution in [3.8, 4) is 0 Å². The smallest absolute Gasteiger partial charge is 0.364 e. The number of aliphatic carboxylic acids is 1. The van der Waals surface area contributed by atoms with Crippen molar-refractivity contribution in [1.29, 1.82) is 0 Å². The van der Waals surface area contributed by atoms with Crippen LogP contribution in [0.5, 0.6) is 0 Å². The van der Waals surface area contributed by atoms with Gasteiger partial charge in [-0.25, -0.2) is 4.79 Å². The van der Waals surface area contributed by atoms with Gasteiger partial charge in [0.2, 0.25) is 5.91 Å². The van der Waals surface area contributed by atoms with Gasteiger partial charge in [-0.2, -0.15) is 0 Å². The molecule has 1 amide bonds. The van der Waals surface area contributed by atoms with Crippen LogP contribution in [0.3, 0.4) is 0 Å². The minimum atomic E-state index is -2.82. The Morgan fingerprint density at radius 2 is 1.92 bits per heavy atom. The van der Waals surface area contributed by atoms with Gasteiger partial charge in [-0.15, -0.1) is 0 Å². The highest BCUT2D eigenvalue weighted by Gasteiger charge is 2.55. The van der Waals surface area contributed by atoms with Gasteiger partial charge < -0.3 is 40.3 Å². The van der Waals surface area contributed by atoms with E-state index in [1.807, 2.05) is 0 Å². The third-order valence-corrected chi connectivity index (χ3v) is 3.50. The number of ether oxygens (including phenoxy) is 2. The van der Waals surface area contributed by atoms with Gasteiger partial charge in [0, 0.05) is 13.8 Å². The number of esters is 1. The molecule has 1 unspecified atom stereocenters. The maximum absolute atomic E-state index is 11.4. The molecule has 0 radical (unpaired) electrons. The Labute approximate surface area is 136 Å². The molecule has 24 heavy (non-hydrogen) atoms. The summed E-state index contributed by atoms with van der Waals surface area (Å²) in [6, 6.07) is -1.26. The molecular weight excluding hydrogens is 330 g/mol. The molecule has 6 atom stereocenters. The zero-order valence-corrected chi connectivity index (χ0v) is 13.1. The number of hydrogen-bond donors (Lipinski definition) is 6. The molecule has 0 saturated carbocycles. The third-order valence-electron chi connectivity index (χ3n) is 3.50. The molecule has 1 saturated heterocycles. The summed E-state index contributed by atoms with van der Waals surface area (Å²) in [6.45, 7) is 1.26. The number of carbonyl (C=O) groups is 3. The summed E-state index contributed by atoms with van der Waals surface area (Å²) >= 11 is 0. The summed E-state index contributed by atoms with van der Waals surface area (Å²) in [5, 5.41) is 50.1. The Hall–Kier alpha value is -1.79. The van der Waals surface area contributed by atoms with Crippen molar-refractivity contribution in [2.45, 2.75) is 56.5 Å². The largest absolute Gasteiger partial charge is 0.477 e. The molecule has 11 heteroatoms. The van der Waals surface area contributed by atoms with E-state index in [1.165, 1.54) is 0 Å². The second-order valence-corrected chi connectivity index (χ2v) is 5.49. The lowest BCUT2D eigenvalue weighted by atomic mass is 9.88. The molecule has 11 nitrogen and oxygen atoms in total. The zero-order chi connectivity index (χ0) is 18.7. The van der Waals surface area contributed by atoms with Crippen LogP contribution in [-0.4, -0.2) is 86.2 Å². The quantitative estimate of drug-likeness (QED) is 0.265. The molecule has 0 aromatic carbocycles. The molecule has 1 rings (SSSR count). The molecule has 138 valence electrons. The number of amides is 1. The van der Waals surface area contributed by atoms with Crippen molar-refractivity contribution in [2.24, 2.45) is 0 Å². The van der Waals surface area contributed by atoms with Gasteiger partial charge >= 0.3 is 11.9 Å². The molecule has 0 spiro atoms. The fourth-order valence-electron chi connectivity index (χ4n) is 2.44. The van der Waals surface area contributed by atoms with Crippen LogP contribution < -0.4 is 5.32 Å². The molecule has 0 aliphatic carbocycles. The lowest BCUT2D eigenvalue weighted by Gasteiger charge is -2.45. The summed E-state index contributed by atoms with van der Waals surface area (Å²) < 4.78 is 9.91. The lowest BCUT2D eigenvalue weighted by Crippen LogP contribution is -2.67. The fraction of sp³-hybridized carbons (Fsp3) is 0.769. The molecule has 1 aliphatic heterocycles. The average Bonchev–Trinajstić information content (AvgIpc) is 2.47. The minimum Gasteiger partial charge on any atom is -0.477 e. The van der Waals surface area contributed by atoms with E-state index >= 15 is 0 Å². The van der Waals surface area contributed by atoms with Gasteiger partial charge in [-0.3, -0.25) is 9.59 Å². The van der Waals surface area contributed by atoms with E-state index in [9.17, 15) is 29.7 Å². The molecule has 1 fully saturated rings. The van der Waals surface area contributed by atoms with Crippen LogP contribution in [0.1, 0.15) is 20.3 Å². The van der Waals surface area contributed by atoms with Gasteiger partial charge in [-0.1, -0.05) is 0 Å². The zero-order valence-electron chi connectivity index (χ0n) is 13.1. The summed E-state index contributed by atoms with van der Waals surface area (Å²) in [7, 11) is 0. The summed E-state index contributed by atoms with van der Waals surface area (Å²) in [5.41, 5.74) is 0. The Kier molecular flexibility index (Phi) is 6.63. The molecule has 0 bridgehead atoms. The normalized spacial score (nSPS) is 32.5. The van der Waals surface area contributed by atoms with Crippen molar-refractivity contribution in [2.75, 3.05) is 6.61 Å². The first-order valence-electron chi connectivity index (χ1n) is 7.06. The molecular formula is C13H21NO10. The van der Waals surface area contributed by atoms with Crippen molar-refractivity contribution in [3.63, 3.8) is 0 Å². The van der Waals surface area contributed by atoms with E-state index in [0.717, 1.165) is 13.8 Å². The van der Waals surface area contributed by atoms with Gasteiger partial charge in [0.05, 0.1) is 19.1 Å². The topological polar surface area (TPSA) is 183 Å². The van der Waals surface area contributed by atoms with Crippen LogP contribution in [0.15, 0.2) is 0 Å². The highest BCUT2D eigenvalue weighted by atomic mass is 16.7. The number of rotatable bonds is 6. The number of nitrogens with one attached hydrogen (secondary N) is 1. The molecule has 6 N–H and O–H groups in total. The average molecular weight is 351 g/mol. The summed E-state index contributed by atoms with van der Waals surface area (Å²) in [4.78, 5) is 33.8. The van der Waals surface area contributed by atoms with Gasteiger partial charge in [-0.05, 0) is 0 Å². The van der Waals surface area contributed by atoms with Crippen LogP contribution in [0.4, 0.5) is 0 Å². The van der Waals surface area contributed by atoms with Crippen molar-refractivity contribution < 1.29 is 49.4 Å². The first-order chi connectivity index (χ1) is 11.0. The number of aliphatic hydroxyl groups excluding tert-OH is 3. The molecule has 1 heterocycles. The Bertz CT molecular complexity index is 497. The van der Waals surface area contributed by atoms with Gasteiger partial charge in [0.1, 0.15) is 24.4 Å². The highest BCUT2D eigenvalue weighted by molar-refractivity contribution is 5.76. The SMILES string of the molecule is CC(=O)N[C@H]1[C@H]([C@H](O)[C@H](O)CO)OC(O)(C(=O)O)C[C@@H]1OC(C)=O. The minimum absolute atomic E-state index is 0.614. The summed E-state index contributed by atoms with van der Waals surface area (Å²) in [5.74, 6) is -6.06. The monoisotopic (exact) mass is 351 g/mol. The van der Waals surface area contributed by atoms with Crippen LogP contribution >= 0.6 is 0 Å². The van der Waals surface area contributed by atoms with E-state index in [4.69, 9.17) is 19.7 Å². The van der Waals surface area contributed by atoms with Gasteiger partial charge in [0.15, 0.2) is 0 Å². The van der Waals surface area contributed by atoms with E-state index in [2.05, 4.69) is 5.32 Å². The number of carboxylic acid groups (broad SMARTS) is 1. The maximum Gasteiger partial charge on any atom is 0.364 e. The Morgan fingerprint density at radius 3 is 2.33 bits per heavy atom. The second-order valence-electron chi connectivity index (χ2n) is 5.49. The number of carbonyl (C=O) groups excluding carboxylic acids is 2. The standard InChI is InChI=1S/C13H21NO10/c1-5(16)14-9-8(23-6(2)17)3-13(22,12(20)21)24-11(9)10(19)7(18)4-15/h7-11,15,18-19,22H,3-4H2,1-2H3,(H,14,16)(H,20,21)/t7-,8+,9-,10-,11-,13?/m1/s1. The molecule has 0 aromatic heterocycles. The number of hydrogen-bond acceptors (Lipinski definition) is 9. The number of carboxylic acids is 1. The first-order valence-corrected chi connectivity index (χ1v) is 7.06. The van der Waals surface area contributed by atoms with Crippen LogP contribution in [0.2, 0.25) is 0 Å². The predicted octanol–water partition coefficient (Wildman–Crippen LogP) is -3.30. The molecule has 0 aromatic rings. The molecule has 1 aliphatic rings. The first kappa shape index (κ1) is 20.3. The fourth-order valence-corrected chi connectivity index (χ4v) is 2.44. The van der Waals surface area contributed by atoms with Crippen LogP contribution in [-0.2, 0) is 23.9 Å². The van der Waals surface area contributed by atoms with Gasteiger partial charge in [0.25, 0.3) is 5.79 Å². The van der Waals surface area contributed by atoms with Crippen molar-refractivity contribution >= 4 is 17.8 Å². The maximum atomic E-state index is 11.4. The highest BCUT2D eigenvalue weighted by Crippen LogP contribution is 2.32. The van der Waals surface area contributed by atoms with E-state index < -0.39 is 67.1 Å². The van der Waals surface area contributed by atoms with E-state index in [0.29, 0.717) is 0 Å². The summed E-state index contributed by atoms with van der Waals surface area (Å²) in [6.07, 6.45) is -7.37. The predicted molar refractivity (Wildman–Crippen MR) is 74.3 cm³/mol. The van der Waals surface area contributed by atoms with E-state index in [-0.39, 0.29) is 0 Å². The lowest BCUT2D eigenvalue weighted by molar-refractivity contribution is -0.296. The van der Waals surface area contributed by atoms with Crippen molar-refractivity contribution in [3.05, 3.63) is 0 Å². The van der Waals surface area contributed by atoms with E-state index in [1.54, 1.807) is 0 Å². The van der Waals surface area contributed by atoms with Crippen molar-refractivity contribution in [1.82, 2.24) is 5.32 Å². The van der Waals surface area contributed by atoms with Crippen LogP contribution in [0, 0.1) is 0 Å². The third kappa shape index (κ3) is 4.61. The van der Waals surface area contributed by atoms with Crippen LogP contribution in [0.25, 0.3) is 0 Å². The number of aliphatic hydroxyl groups is 4. The second kappa shape index (κ2) is 7.85. The Balaban J connectivity index is 3.25. The Morgan fingerprint density at radius 1 is 1.33 bits per heavy atom.